The van der Waals surface area contributed by atoms with Gasteiger partial charge in [0.25, 0.3) is 0 Å². The monoisotopic (exact) mass is 120 g/mol. The van der Waals surface area contributed by atoms with Gasteiger partial charge in [-0.3, -0.25) is 0 Å². The Balaban J connectivity index is 1.85. The van der Waals surface area contributed by atoms with Crippen LogP contribution in [0.5, 0.6) is 0 Å². The maximum atomic E-state index is 1.61. The summed E-state index contributed by atoms with van der Waals surface area (Å²) in [5.41, 5.74) is 0. The van der Waals surface area contributed by atoms with Gasteiger partial charge in [0.05, 0.1) is 0 Å². The highest BCUT2D eigenvalue weighted by Crippen LogP contribution is 2.87. The van der Waals surface area contributed by atoms with Crippen LogP contribution in [0.15, 0.2) is 0 Å². The Bertz CT molecular complexity index is 156. The fourth-order valence-electron chi connectivity index (χ4n) is 4.25. The lowest BCUT2D eigenvalue weighted by atomic mass is 10.0. The zero-order valence-electron chi connectivity index (χ0n) is 5.59. The Kier molecular flexibility index (Phi) is 0.395. The van der Waals surface area contributed by atoms with Gasteiger partial charge in [0.2, 0.25) is 0 Å². The third-order valence-electron chi connectivity index (χ3n) is 4.55. The third-order valence-corrected chi connectivity index (χ3v) is 4.55. The molecular formula is C9H12. The second-order valence-electron chi connectivity index (χ2n) is 4.57. The summed E-state index contributed by atoms with van der Waals surface area (Å²) in [6, 6.07) is 0. The summed E-state index contributed by atoms with van der Waals surface area (Å²) in [7, 11) is 0. The summed E-state index contributed by atoms with van der Waals surface area (Å²) < 4.78 is 0. The molecule has 0 heteroatoms. The second-order valence-corrected chi connectivity index (χ2v) is 4.57. The van der Waals surface area contributed by atoms with Crippen LogP contribution in [0.3, 0.4) is 0 Å². The van der Waals surface area contributed by atoms with Crippen molar-refractivity contribution in [2.24, 2.45) is 35.5 Å². The Hall–Kier alpha value is 0. The van der Waals surface area contributed by atoms with Crippen molar-refractivity contribution in [3.8, 4) is 0 Å². The van der Waals surface area contributed by atoms with Gasteiger partial charge in [-0.25, -0.2) is 0 Å². The highest BCUT2D eigenvalue weighted by molar-refractivity contribution is 5.30. The van der Waals surface area contributed by atoms with E-state index in [2.05, 4.69) is 0 Å². The summed E-state index contributed by atoms with van der Waals surface area (Å²) in [6.45, 7) is 0. The van der Waals surface area contributed by atoms with Crippen molar-refractivity contribution < 1.29 is 0 Å². The summed E-state index contributed by atoms with van der Waals surface area (Å²) in [5.74, 6) is 7.71. The van der Waals surface area contributed by atoms with Gasteiger partial charge >= 0.3 is 0 Å². The number of hydrogen-bond donors (Lipinski definition) is 0. The van der Waals surface area contributed by atoms with Crippen molar-refractivity contribution in [1.29, 1.82) is 0 Å². The molecule has 2 bridgehead atoms. The van der Waals surface area contributed by atoms with E-state index in [1.54, 1.807) is 19.3 Å². The van der Waals surface area contributed by atoms with Crippen LogP contribution in [0.1, 0.15) is 19.3 Å². The molecule has 48 valence electrons. The standard InChI is InChI=1S/C9H12/c1-2-4-5(3-1)7-8-6(4)9(7)8/h4-9H,1-3H2/t4-,5+,6?,7?,8?,9?. The maximum absolute atomic E-state index is 1.61. The van der Waals surface area contributed by atoms with Gasteiger partial charge in [0.1, 0.15) is 0 Å². The first kappa shape index (κ1) is 4.00. The lowest BCUT2D eigenvalue weighted by Gasteiger charge is -2.04. The summed E-state index contributed by atoms with van der Waals surface area (Å²) in [5, 5.41) is 0. The highest BCUT2D eigenvalue weighted by Gasteiger charge is 2.83. The van der Waals surface area contributed by atoms with E-state index in [1.807, 2.05) is 0 Å². The van der Waals surface area contributed by atoms with E-state index in [0.717, 1.165) is 0 Å². The zero-order valence-corrected chi connectivity index (χ0v) is 5.59. The first-order chi connectivity index (χ1) is 4.48. The van der Waals surface area contributed by atoms with Gasteiger partial charge in [-0.15, -0.1) is 0 Å². The fourth-order valence-corrected chi connectivity index (χ4v) is 4.25. The van der Waals surface area contributed by atoms with E-state index in [-0.39, 0.29) is 0 Å². The van der Waals surface area contributed by atoms with E-state index in [9.17, 15) is 0 Å². The molecule has 5 aliphatic rings. The molecule has 4 atom stereocenters. The third kappa shape index (κ3) is 0.249. The Morgan fingerprint density at radius 3 is 1.78 bits per heavy atom. The van der Waals surface area contributed by atoms with Crippen LogP contribution in [0, 0.1) is 35.5 Å². The van der Waals surface area contributed by atoms with Crippen LogP contribution in [0.25, 0.3) is 0 Å². The first-order valence-corrected chi connectivity index (χ1v) is 4.48. The number of hydrogen-bond acceptors (Lipinski definition) is 0. The van der Waals surface area contributed by atoms with Crippen LogP contribution < -0.4 is 0 Å². The molecule has 5 rings (SSSR count). The van der Waals surface area contributed by atoms with Crippen molar-refractivity contribution in [3.63, 3.8) is 0 Å². The largest absolute Gasteiger partial charge is 0.0527 e. The van der Waals surface area contributed by atoms with Crippen LogP contribution in [-0.2, 0) is 0 Å². The molecule has 5 saturated carbocycles. The van der Waals surface area contributed by atoms with E-state index < -0.39 is 0 Å². The predicted octanol–water partition coefficient (Wildman–Crippen LogP) is 1.91. The molecule has 0 saturated heterocycles. The lowest BCUT2D eigenvalue weighted by molar-refractivity contribution is 0.445. The van der Waals surface area contributed by atoms with E-state index in [0.29, 0.717) is 0 Å². The van der Waals surface area contributed by atoms with E-state index in [4.69, 9.17) is 0 Å². The van der Waals surface area contributed by atoms with Gasteiger partial charge < -0.3 is 0 Å². The molecule has 0 amide bonds. The summed E-state index contributed by atoms with van der Waals surface area (Å²) >= 11 is 0. The molecule has 0 spiro atoms. The topological polar surface area (TPSA) is 0 Å². The summed E-state index contributed by atoms with van der Waals surface area (Å²) in [6.07, 6.45) is 4.79. The van der Waals surface area contributed by atoms with Crippen molar-refractivity contribution in [3.05, 3.63) is 0 Å². The second kappa shape index (κ2) is 0.889. The van der Waals surface area contributed by atoms with Crippen LogP contribution in [0.4, 0.5) is 0 Å². The van der Waals surface area contributed by atoms with E-state index in [1.165, 1.54) is 35.5 Å². The van der Waals surface area contributed by atoms with Crippen LogP contribution >= 0.6 is 0 Å². The molecule has 5 fully saturated rings. The number of rotatable bonds is 0. The van der Waals surface area contributed by atoms with Crippen molar-refractivity contribution >= 4 is 0 Å². The van der Waals surface area contributed by atoms with Crippen molar-refractivity contribution in [2.45, 2.75) is 19.3 Å². The van der Waals surface area contributed by atoms with Crippen molar-refractivity contribution in [1.82, 2.24) is 0 Å². The minimum absolute atomic E-state index is 1.25. The Morgan fingerprint density at radius 2 is 1.22 bits per heavy atom. The summed E-state index contributed by atoms with van der Waals surface area (Å²) in [4.78, 5) is 0. The molecule has 0 aromatic heterocycles. The molecule has 2 unspecified atom stereocenters. The maximum Gasteiger partial charge on any atom is -0.0312 e. The molecule has 0 N–H and O–H groups in total. The Labute approximate surface area is 55.6 Å². The highest BCUT2D eigenvalue weighted by atomic mass is 14.9. The smallest absolute Gasteiger partial charge is 0.0312 e. The minimum Gasteiger partial charge on any atom is -0.0527 e. The van der Waals surface area contributed by atoms with Crippen LogP contribution in [-0.4, -0.2) is 0 Å². The molecule has 0 aliphatic heterocycles. The normalized spacial score (nSPS) is 80.0. The van der Waals surface area contributed by atoms with Gasteiger partial charge in [-0.2, -0.15) is 0 Å². The SMILES string of the molecule is C1C[C@@H]2C3C4C3C4[C@@H]2C1. The lowest BCUT2D eigenvalue weighted by Crippen LogP contribution is -1.98. The average Bonchev–Trinajstić information content (AvgIpc) is 2.51. The molecule has 0 heterocycles. The molecule has 0 aromatic rings. The first-order valence-electron chi connectivity index (χ1n) is 4.48. The predicted molar refractivity (Wildman–Crippen MR) is 34.8 cm³/mol. The Morgan fingerprint density at radius 1 is 0.667 bits per heavy atom. The van der Waals surface area contributed by atoms with Gasteiger partial charge in [0, 0.05) is 0 Å². The fraction of sp³-hybridized carbons (Fsp3) is 1.00. The minimum atomic E-state index is 1.25. The molecule has 0 nitrogen and oxygen atoms in total. The zero-order chi connectivity index (χ0) is 5.59. The van der Waals surface area contributed by atoms with Gasteiger partial charge in [-0.05, 0) is 48.3 Å². The van der Waals surface area contributed by atoms with Gasteiger partial charge in [-0.1, -0.05) is 6.42 Å². The quantitative estimate of drug-likeness (QED) is 0.458. The molecule has 9 heavy (non-hydrogen) atoms. The van der Waals surface area contributed by atoms with Gasteiger partial charge in [0.15, 0.2) is 0 Å². The van der Waals surface area contributed by atoms with Crippen LogP contribution in [0.2, 0.25) is 0 Å². The molecule has 5 aliphatic carbocycles. The molecule has 0 radical (unpaired) electrons. The average molecular weight is 120 g/mol. The molecule has 0 aromatic carbocycles. The molecular weight excluding hydrogens is 108 g/mol. The van der Waals surface area contributed by atoms with Crippen molar-refractivity contribution in [2.75, 3.05) is 0 Å². The van der Waals surface area contributed by atoms with E-state index >= 15 is 0 Å².